The van der Waals surface area contributed by atoms with Crippen molar-refractivity contribution >= 4 is 22.5 Å². The molecule has 0 radical (unpaired) electrons. The Morgan fingerprint density at radius 2 is 1.50 bits per heavy atom. The topological polar surface area (TPSA) is 105 Å². The molecule has 0 aliphatic heterocycles. The van der Waals surface area contributed by atoms with Crippen molar-refractivity contribution in [2.24, 2.45) is 0 Å². The highest BCUT2D eigenvalue weighted by Gasteiger charge is 2.50. The van der Waals surface area contributed by atoms with Gasteiger partial charge in [0, 0.05) is 11.6 Å². The summed E-state index contributed by atoms with van der Waals surface area (Å²) in [5.74, 6) is -1.70. The Morgan fingerprint density at radius 1 is 0.941 bits per heavy atom. The number of Topliss-reactive ketones (excluding diaryl/α,β-unsaturated/α-hetero) is 2. The van der Waals surface area contributed by atoms with Crippen molar-refractivity contribution in [3.05, 3.63) is 68.1 Å². The molecular weight excluding hydrogens is 432 g/mol. The van der Waals surface area contributed by atoms with Gasteiger partial charge in [0.25, 0.3) is 0 Å². The summed E-state index contributed by atoms with van der Waals surface area (Å²) in [4.78, 5) is 40.1. The molecule has 0 atom stereocenters. The van der Waals surface area contributed by atoms with Crippen LogP contribution in [0.25, 0.3) is 11.0 Å². The van der Waals surface area contributed by atoms with Crippen LogP contribution in [0, 0.1) is 0 Å². The van der Waals surface area contributed by atoms with E-state index in [4.69, 9.17) is 4.42 Å². The van der Waals surface area contributed by atoms with E-state index < -0.39 is 22.4 Å². The molecule has 2 N–H and O–H groups in total. The highest BCUT2D eigenvalue weighted by Crippen LogP contribution is 2.42. The third kappa shape index (κ3) is 4.49. The predicted octanol–water partition coefficient (Wildman–Crippen LogP) is 5.36. The molecule has 0 fully saturated rings. The third-order valence-corrected chi connectivity index (χ3v) is 6.23. The third-order valence-electron chi connectivity index (χ3n) is 6.23. The van der Waals surface area contributed by atoms with Gasteiger partial charge in [0.1, 0.15) is 28.2 Å². The molecule has 0 spiro atoms. The van der Waals surface area contributed by atoms with Crippen LogP contribution < -0.4 is 5.43 Å². The zero-order valence-electron chi connectivity index (χ0n) is 20.7. The number of aromatic hydroxyl groups is 2. The number of hydrogen-bond acceptors (Lipinski definition) is 6. The second kappa shape index (κ2) is 9.45. The molecule has 1 heterocycles. The number of hydrogen-bond donors (Lipinski definition) is 2. The van der Waals surface area contributed by atoms with E-state index in [-0.39, 0.29) is 65.0 Å². The van der Waals surface area contributed by atoms with E-state index in [0.717, 1.165) is 16.7 Å². The van der Waals surface area contributed by atoms with Crippen molar-refractivity contribution < 1.29 is 24.2 Å². The van der Waals surface area contributed by atoms with Gasteiger partial charge in [0.05, 0.1) is 17.4 Å². The first-order valence-corrected chi connectivity index (χ1v) is 11.4. The second-order valence-electron chi connectivity index (χ2n) is 9.79. The number of allylic oxidation sites excluding steroid dienone is 6. The molecule has 0 amide bonds. The molecule has 3 rings (SSSR count). The van der Waals surface area contributed by atoms with E-state index in [1.807, 2.05) is 59.8 Å². The Hall–Kier alpha value is -3.41. The van der Waals surface area contributed by atoms with Crippen molar-refractivity contribution in [2.75, 3.05) is 0 Å². The van der Waals surface area contributed by atoms with Gasteiger partial charge in [-0.1, -0.05) is 34.9 Å². The Balaban J connectivity index is 2.43. The van der Waals surface area contributed by atoms with Crippen molar-refractivity contribution in [2.45, 2.75) is 72.6 Å². The van der Waals surface area contributed by atoms with Crippen LogP contribution in [0.4, 0.5) is 0 Å². The van der Waals surface area contributed by atoms with Gasteiger partial charge in [-0.3, -0.25) is 14.4 Å². The van der Waals surface area contributed by atoms with Crippen LogP contribution in [0.5, 0.6) is 11.5 Å². The van der Waals surface area contributed by atoms with Crippen LogP contribution in [-0.4, -0.2) is 21.8 Å². The largest absolute Gasteiger partial charge is 0.507 e. The van der Waals surface area contributed by atoms with Crippen LogP contribution in [-0.2, 0) is 27.8 Å². The molecule has 0 saturated carbocycles. The van der Waals surface area contributed by atoms with E-state index in [1.165, 1.54) is 6.07 Å². The summed E-state index contributed by atoms with van der Waals surface area (Å²) in [6.07, 6.45) is 5.75. The average Bonchev–Trinajstić information content (AvgIpc) is 2.72. The Labute approximate surface area is 199 Å². The summed E-state index contributed by atoms with van der Waals surface area (Å²) in [5.41, 5.74) is 1.24. The summed E-state index contributed by atoms with van der Waals surface area (Å²) in [7, 11) is 0. The van der Waals surface area contributed by atoms with Crippen LogP contribution in [0.3, 0.4) is 0 Å². The number of phenolic OH excluding ortho intramolecular Hbond substituents is 2. The van der Waals surface area contributed by atoms with E-state index in [0.29, 0.717) is 0 Å². The lowest BCUT2D eigenvalue weighted by Gasteiger charge is -2.34. The molecule has 0 unspecified atom stereocenters. The Morgan fingerprint density at radius 3 is 2.03 bits per heavy atom. The van der Waals surface area contributed by atoms with Gasteiger partial charge in [0.2, 0.25) is 17.0 Å². The fraction of sp³-hybridized carbons (Fsp3) is 0.393. The summed E-state index contributed by atoms with van der Waals surface area (Å²) in [5, 5.41) is 21.4. The maximum atomic E-state index is 13.9. The number of ketones is 2. The quantitative estimate of drug-likeness (QED) is 0.441. The van der Waals surface area contributed by atoms with Gasteiger partial charge in [0.15, 0.2) is 0 Å². The summed E-state index contributed by atoms with van der Waals surface area (Å²) < 4.78 is 5.95. The zero-order chi connectivity index (χ0) is 25.4. The minimum absolute atomic E-state index is 0.0137. The van der Waals surface area contributed by atoms with Crippen LogP contribution in [0.15, 0.2) is 50.2 Å². The minimum atomic E-state index is -1.42. The zero-order valence-corrected chi connectivity index (χ0v) is 20.7. The van der Waals surface area contributed by atoms with Gasteiger partial charge < -0.3 is 14.6 Å². The molecule has 1 aromatic heterocycles. The lowest BCUT2D eigenvalue weighted by molar-refractivity contribution is -0.140. The monoisotopic (exact) mass is 464 g/mol. The number of carbonyl (C=O) groups is 2. The molecule has 1 aliphatic carbocycles. The van der Waals surface area contributed by atoms with Gasteiger partial charge in [-0.25, -0.2) is 0 Å². The summed E-state index contributed by atoms with van der Waals surface area (Å²) in [6, 6.07) is 1.29. The highest BCUT2D eigenvalue weighted by atomic mass is 16.3. The first-order chi connectivity index (χ1) is 15.9. The van der Waals surface area contributed by atoms with Crippen molar-refractivity contribution in [1.29, 1.82) is 0 Å². The first-order valence-electron chi connectivity index (χ1n) is 11.4. The molecule has 6 heteroatoms. The van der Waals surface area contributed by atoms with Gasteiger partial charge in [-0.2, -0.15) is 0 Å². The number of rotatable bonds is 6. The highest BCUT2D eigenvalue weighted by molar-refractivity contribution is 6.42. The fourth-order valence-electron chi connectivity index (χ4n) is 4.36. The Bertz CT molecular complexity index is 1300. The predicted molar refractivity (Wildman–Crippen MR) is 132 cm³/mol. The fourth-order valence-corrected chi connectivity index (χ4v) is 4.36. The van der Waals surface area contributed by atoms with Crippen LogP contribution in [0.2, 0.25) is 0 Å². The van der Waals surface area contributed by atoms with E-state index in [2.05, 4.69) is 0 Å². The summed E-state index contributed by atoms with van der Waals surface area (Å²) in [6.45, 7) is 11.3. The molecule has 180 valence electrons. The lowest BCUT2D eigenvalue weighted by atomic mass is 9.65. The van der Waals surface area contributed by atoms with E-state index in [1.54, 1.807) is 0 Å². The Kier molecular flexibility index (Phi) is 7.01. The molecular formula is C28H32O6. The maximum Gasteiger partial charge on any atom is 0.210 e. The van der Waals surface area contributed by atoms with Gasteiger partial charge >= 0.3 is 0 Å². The summed E-state index contributed by atoms with van der Waals surface area (Å²) >= 11 is 0. The van der Waals surface area contributed by atoms with Gasteiger partial charge in [-0.05, 0) is 60.8 Å². The first kappa shape index (κ1) is 25.2. The molecule has 2 aromatic rings. The SMILES string of the molecule is CC(C)=CCc1c(O)cc2oc3c(c(=O)c2c1O)C(CC=C(C)C)(CC=C(C)C)C(=O)C(=O)C3. The second-order valence-corrected chi connectivity index (χ2v) is 9.79. The smallest absolute Gasteiger partial charge is 0.210 e. The van der Waals surface area contributed by atoms with E-state index in [9.17, 15) is 24.6 Å². The number of benzene rings is 1. The van der Waals surface area contributed by atoms with Crippen molar-refractivity contribution in [3.63, 3.8) is 0 Å². The molecule has 6 nitrogen and oxygen atoms in total. The lowest BCUT2D eigenvalue weighted by Crippen LogP contribution is -2.48. The normalized spacial score (nSPS) is 14.5. The van der Waals surface area contributed by atoms with E-state index >= 15 is 0 Å². The standard InChI is InChI=1S/C28H32O6/c1-15(2)7-8-18-19(29)13-21-23(25(18)31)26(32)24-22(34-21)14-20(30)27(33)28(24,11-9-16(3)4)12-10-17(5)6/h7,9-10,13,29,31H,8,11-12,14H2,1-6H3. The number of fused-ring (bicyclic) bond motifs is 2. The minimum Gasteiger partial charge on any atom is -0.507 e. The molecule has 0 bridgehead atoms. The van der Waals surface area contributed by atoms with Gasteiger partial charge in [-0.15, -0.1) is 0 Å². The number of phenols is 2. The molecule has 34 heavy (non-hydrogen) atoms. The van der Waals surface area contributed by atoms with Crippen molar-refractivity contribution in [1.82, 2.24) is 0 Å². The molecule has 1 aromatic carbocycles. The average molecular weight is 465 g/mol. The molecule has 1 aliphatic rings. The van der Waals surface area contributed by atoms with Crippen LogP contribution >= 0.6 is 0 Å². The maximum absolute atomic E-state index is 13.9. The van der Waals surface area contributed by atoms with Crippen LogP contribution in [0.1, 0.15) is 71.3 Å². The van der Waals surface area contributed by atoms with Crippen molar-refractivity contribution in [3.8, 4) is 11.5 Å². The molecule has 0 saturated heterocycles. The number of carbonyl (C=O) groups excluding carboxylic acids is 2.